The summed E-state index contributed by atoms with van der Waals surface area (Å²) in [6.45, 7) is 1.86. The number of hydrogen-bond acceptors (Lipinski definition) is 5. The summed E-state index contributed by atoms with van der Waals surface area (Å²) in [5.74, 6) is -0.123. The molecule has 9 heteroatoms. The molecule has 1 saturated heterocycles. The number of sulfonamides is 1. The van der Waals surface area contributed by atoms with Gasteiger partial charge in [-0.05, 0) is 18.6 Å². The van der Waals surface area contributed by atoms with Gasteiger partial charge in [0.15, 0.2) is 9.84 Å². The van der Waals surface area contributed by atoms with Gasteiger partial charge in [-0.15, -0.1) is 0 Å². The molecule has 6 nitrogen and oxygen atoms in total. The highest BCUT2D eigenvalue weighted by Gasteiger charge is 2.38. The Morgan fingerprint density at radius 2 is 2.20 bits per heavy atom. The van der Waals surface area contributed by atoms with Crippen molar-refractivity contribution in [1.82, 2.24) is 9.29 Å². The van der Waals surface area contributed by atoms with E-state index in [-0.39, 0.29) is 28.1 Å². The second kappa shape index (κ2) is 5.59. The van der Waals surface area contributed by atoms with Crippen LogP contribution >= 0.6 is 11.6 Å². The third kappa shape index (κ3) is 2.98. The number of pyridine rings is 1. The van der Waals surface area contributed by atoms with Crippen molar-refractivity contribution in [1.29, 1.82) is 0 Å². The highest BCUT2D eigenvalue weighted by atomic mass is 35.5. The van der Waals surface area contributed by atoms with Gasteiger partial charge in [-0.25, -0.2) is 21.8 Å². The standard InChI is InChI=1S/C11H15ClN2O4S2/c1-2-14(9-5-7-19(15,16)8-9)20(17,18)10-4-3-6-13-11(10)12/h3-4,6,9H,2,5,7-8H2,1H3. The fourth-order valence-electron chi connectivity index (χ4n) is 2.32. The minimum Gasteiger partial charge on any atom is -0.243 e. The third-order valence-electron chi connectivity index (χ3n) is 3.24. The number of sulfone groups is 1. The van der Waals surface area contributed by atoms with Crippen molar-refractivity contribution >= 4 is 31.5 Å². The van der Waals surface area contributed by atoms with Crippen LogP contribution in [0.3, 0.4) is 0 Å². The molecular weight excluding hydrogens is 324 g/mol. The summed E-state index contributed by atoms with van der Waals surface area (Å²) in [7, 11) is -7.00. The van der Waals surface area contributed by atoms with Gasteiger partial charge in [0.25, 0.3) is 0 Å². The Labute approximate surface area is 123 Å². The van der Waals surface area contributed by atoms with Crippen LogP contribution in [-0.2, 0) is 19.9 Å². The Kier molecular flexibility index (Phi) is 4.38. The fraction of sp³-hybridized carbons (Fsp3) is 0.545. The van der Waals surface area contributed by atoms with Crippen LogP contribution in [-0.4, -0.2) is 50.2 Å². The summed E-state index contributed by atoms with van der Waals surface area (Å²) in [6.07, 6.45) is 1.71. The molecule has 1 atom stereocenters. The van der Waals surface area contributed by atoms with Gasteiger partial charge in [-0.3, -0.25) is 0 Å². The molecule has 0 saturated carbocycles. The average Bonchev–Trinajstić information content (AvgIpc) is 2.70. The van der Waals surface area contributed by atoms with Crippen LogP contribution in [0.1, 0.15) is 13.3 Å². The minimum absolute atomic E-state index is 0.0183. The van der Waals surface area contributed by atoms with Gasteiger partial charge in [0.05, 0.1) is 11.5 Å². The van der Waals surface area contributed by atoms with Gasteiger partial charge >= 0.3 is 0 Å². The quantitative estimate of drug-likeness (QED) is 0.762. The lowest BCUT2D eigenvalue weighted by molar-refractivity contribution is 0.354. The molecule has 2 rings (SSSR count). The van der Waals surface area contributed by atoms with E-state index in [2.05, 4.69) is 4.98 Å². The molecule has 1 unspecified atom stereocenters. The van der Waals surface area contributed by atoms with E-state index in [4.69, 9.17) is 11.6 Å². The first-order valence-electron chi connectivity index (χ1n) is 6.10. The average molecular weight is 339 g/mol. The van der Waals surface area contributed by atoms with E-state index in [0.717, 1.165) is 0 Å². The van der Waals surface area contributed by atoms with E-state index < -0.39 is 25.9 Å². The summed E-state index contributed by atoms with van der Waals surface area (Å²) < 4.78 is 49.4. The van der Waals surface area contributed by atoms with E-state index in [9.17, 15) is 16.8 Å². The van der Waals surface area contributed by atoms with Gasteiger partial charge < -0.3 is 0 Å². The zero-order chi connectivity index (χ0) is 15.0. The second-order valence-corrected chi connectivity index (χ2v) is 9.00. The molecule has 2 heterocycles. The van der Waals surface area contributed by atoms with Gasteiger partial charge in [-0.2, -0.15) is 4.31 Å². The summed E-state index contributed by atoms with van der Waals surface area (Å²) in [6, 6.07) is 2.32. The van der Waals surface area contributed by atoms with Crippen LogP contribution in [0.4, 0.5) is 0 Å². The first-order valence-corrected chi connectivity index (χ1v) is 9.74. The molecule has 0 spiro atoms. The van der Waals surface area contributed by atoms with Crippen molar-refractivity contribution in [3.8, 4) is 0 Å². The predicted octanol–water partition coefficient (Wildman–Crippen LogP) is 0.933. The molecule has 1 aliphatic rings. The monoisotopic (exact) mass is 338 g/mol. The SMILES string of the molecule is CCN(C1CCS(=O)(=O)C1)S(=O)(=O)c1cccnc1Cl. The molecule has 0 radical (unpaired) electrons. The molecule has 0 N–H and O–H groups in total. The third-order valence-corrected chi connectivity index (χ3v) is 7.46. The predicted molar refractivity (Wildman–Crippen MR) is 75.9 cm³/mol. The summed E-state index contributed by atoms with van der Waals surface area (Å²) >= 11 is 5.84. The lowest BCUT2D eigenvalue weighted by Gasteiger charge is -2.26. The lowest BCUT2D eigenvalue weighted by atomic mass is 10.3. The number of nitrogens with zero attached hydrogens (tertiary/aromatic N) is 2. The van der Waals surface area contributed by atoms with E-state index >= 15 is 0 Å². The van der Waals surface area contributed by atoms with Crippen LogP contribution in [0, 0.1) is 0 Å². The summed E-state index contributed by atoms with van der Waals surface area (Å²) in [5, 5.41) is -0.105. The number of aromatic nitrogens is 1. The Morgan fingerprint density at radius 3 is 2.70 bits per heavy atom. The highest BCUT2D eigenvalue weighted by molar-refractivity contribution is 7.92. The number of rotatable bonds is 4. The molecule has 0 bridgehead atoms. The topological polar surface area (TPSA) is 84.4 Å². The van der Waals surface area contributed by atoms with E-state index in [0.29, 0.717) is 6.42 Å². The Balaban J connectivity index is 2.39. The number of hydrogen-bond donors (Lipinski definition) is 0. The maximum absolute atomic E-state index is 12.6. The molecule has 1 fully saturated rings. The van der Waals surface area contributed by atoms with Crippen LogP contribution < -0.4 is 0 Å². The van der Waals surface area contributed by atoms with Crippen molar-refractivity contribution in [3.05, 3.63) is 23.5 Å². The van der Waals surface area contributed by atoms with Crippen LogP contribution in [0.2, 0.25) is 5.15 Å². The zero-order valence-electron chi connectivity index (χ0n) is 10.9. The highest BCUT2D eigenvalue weighted by Crippen LogP contribution is 2.27. The van der Waals surface area contributed by atoms with Crippen molar-refractivity contribution < 1.29 is 16.8 Å². The van der Waals surface area contributed by atoms with Crippen LogP contribution in [0.25, 0.3) is 0 Å². The summed E-state index contributed by atoms with van der Waals surface area (Å²) in [4.78, 5) is 3.67. The van der Waals surface area contributed by atoms with E-state index in [1.807, 2.05) is 0 Å². The van der Waals surface area contributed by atoms with Gasteiger partial charge in [0, 0.05) is 18.8 Å². The molecule has 1 aliphatic heterocycles. The molecule has 20 heavy (non-hydrogen) atoms. The molecular formula is C11H15ClN2O4S2. The minimum atomic E-state index is -3.84. The maximum atomic E-state index is 12.6. The Morgan fingerprint density at radius 1 is 1.50 bits per heavy atom. The number of halogens is 1. The van der Waals surface area contributed by atoms with Crippen molar-refractivity contribution in [2.24, 2.45) is 0 Å². The smallest absolute Gasteiger partial charge is 0.243 e. The lowest BCUT2D eigenvalue weighted by Crippen LogP contribution is -2.41. The first-order chi connectivity index (χ1) is 9.28. The zero-order valence-corrected chi connectivity index (χ0v) is 13.2. The second-order valence-electron chi connectivity index (χ2n) is 4.56. The van der Waals surface area contributed by atoms with Crippen molar-refractivity contribution in [2.45, 2.75) is 24.3 Å². The Hall–Kier alpha value is -0.700. The summed E-state index contributed by atoms with van der Waals surface area (Å²) in [5.41, 5.74) is 0. The molecule has 0 aliphatic carbocycles. The largest absolute Gasteiger partial charge is 0.246 e. The fourth-order valence-corrected chi connectivity index (χ4v) is 6.23. The van der Waals surface area contributed by atoms with E-state index in [1.165, 1.54) is 22.6 Å². The van der Waals surface area contributed by atoms with Crippen molar-refractivity contribution in [2.75, 3.05) is 18.1 Å². The first kappa shape index (κ1) is 15.7. The Bertz CT molecular complexity index is 703. The van der Waals surface area contributed by atoms with E-state index in [1.54, 1.807) is 6.92 Å². The van der Waals surface area contributed by atoms with Gasteiger partial charge in [0.1, 0.15) is 10.0 Å². The molecule has 1 aromatic rings. The molecule has 0 aromatic carbocycles. The molecule has 0 amide bonds. The molecule has 112 valence electrons. The normalized spacial score (nSPS) is 22.2. The van der Waals surface area contributed by atoms with Gasteiger partial charge in [0.2, 0.25) is 10.0 Å². The van der Waals surface area contributed by atoms with Crippen LogP contribution in [0.15, 0.2) is 23.2 Å². The molecule has 1 aromatic heterocycles. The van der Waals surface area contributed by atoms with Crippen molar-refractivity contribution in [3.63, 3.8) is 0 Å². The van der Waals surface area contributed by atoms with Crippen LogP contribution in [0.5, 0.6) is 0 Å². The van der Waals surface area contributed by atoms with Gasteiger partial charge in [-0.1, -0.05) is 18.5 Å². The maximum Gasteiger partial charge on any atom is 0.246 e.